The van der Waals surface area contributed by atoms with E-state index in [1.54, 1.807) is 17.4 Å². The molecule has 1 heterocycles. The van der Waals surface area contributed by atoms with Crippen LogP contribution in [0.3, 0.4) is 0 Å². The molecule has 1 aromatic carbocycles. The number of hydrogen-bond acceptors (Lipinski definition) is 2. The summed E-state index contributed by atoms with van der Waals surface area (Å²) in [6, 6.07) is 8.36. The van der Waals surface area contributed by atoms with Gasteiger partial charge in [-0.2, -0.15) is 0 Å². The highest BCUT2D eigenvalue weighted by molar-refractivity contribution is 7.10. The zero-order chi connectivity index (χ0) is 11.5. The van der Waals surface area contributed by atoms with Crippen LogP contribution in [-0.4, -0.2) is 7.05 Å². The van der Waals surface area contributed by atoms with Gasteiger partial charge in [-0.1, -0.05) is 23.7 Å². The van der Waals surface area contributed by atoms with Gasteiger partial charge in [0, 0.05) is 4.88 Å². The molecule has 0 aliphatic carbocycles. The molecule has 16 heavy (non-hydrogen) atoms. The molecule has 0 radical (unpaired) electrons. The Bertz CT molecular complexity index is 483. The summed E-state index contributed by atoms with van der Waals surface area (Å²) in [6.07, 6.45) is 0. The minimum atomic E-state index is -0.231. The van der Waals surface area contributed by atoms with E-state index >= 15 is 0 Å². The summed E-state index contributed by atoms with van der Waals surface area (Å²) in [5, 5.41) is 5.80. The molecule has 0 aliphatic rings. The van der Waals surface area contributed by atoms with Gasteiger partial charge in [0.2, 0.25) is 0 Å². The third kappa shape index (κ3) is 2.26. The maximum atomic E-state index is 13.1. The summed E-state index contributed by atoms with van der Waals surface area (Å²) in [7, 11) is 1.84. The van der Waals surface area contributed by atoms with Crippen LogP contribution < -0.4 is 5.32 Å². The molecule has 1 unspecified atom stereocenters. The van der Waals surface area contributed by atoms with E-state index in [0.29, 0.717) is 5.02 Å². The maximum absolute atomic E-state index is 13.1. The highest BCUT2D eigenvalue weighted by atomic mass is 35.5. The molecule has 0 amide bonds. The van der Waals surface area contributed by atoms with Crippen molar-refractivity contribution in [1.29, 1.82) is 0 Å². The fourth-order valence-electron chi connectivity index (χ4n) is 1.65. The maximum Gasteiger partial charge on any atom is 0.123 e. The van der Waals surface area contributed by atoms with Crippen LogP contribution in [0, 0.1) is 5.82 Å². The van der Waals surface area contributed by atoms with Crippen LogP contribution in [0.4, 0.5) is 4.39 Å². The van der Waals surface area contributed by atoms with Gasteiger partial charge in [-0.3, -0.25) is 0 Å². The number of halogens is 2. The number of benzene rings is 1. The second kappa shape index (κ2) is 4.95. The van der Waals surface area contributed by atoms with Crippen molar-refractivity contribution >= 4 is 22.9 Å². The summed E-state index contributed by atoms with van der Waals surface area (Å²) in [5.74, 6) is -0.231. The fraction of sp³-hybridized carbons (Fsp3) is 0.167. The molecular weight excluding hydrogens is 245 g/mol. The zero-order valence-corrected chi connectivity index (χ0v) is 10.3. The molecular formula is C12H11ClFNS. The van der Waals surface area contributed by atoms with Crippen molar-refractivity contribution < 1.29 is 4.39 Å². The normalized spacial score (nSPS) is 12.7. The van der Waals surface area contributed by atoms with E-state index in [-0.39, 0.29) is 11.9 Å². The van der Waals surface area contributed by atoms with Gasteiger partial charge in [0.05, 0.1) is 11.1 Å². The van der Waals surface area contributed by atoms with Crippen molar-refractivity contribution in [2.75, 3.05) is 7.05 Å². The first-order valence-corrected chi connectivity index (χ1v) is 6.13. The third-order valence-corrected chi connectivity index (χ3v) is 3.80. The molecule has 0 fully saturated rings. The molecule has 1 aromatic heterocycles. The van der Waals surface area contributed by atoms with Crippen molar-refractivity contribution in [3.63, 3.8) is 0 Å². The molecule has 4 heteroatoms. The highest BCUT2D eigenvalue weighted by Gasteiger charge is 2.16. The Morgan fingerprint density at radius 2 is 2.19 bits per heavy atom. The third-order valence-electron chi connectivity index (χ3n) is 2.38. The van der Waals surface area contributed by atoms with Gasteiger partial charge in [-0.25, -0.2) is 4.39 Å². The second-order valence-corrected chi connectivity index (χ2v) is 4.76. The summed E-state index contributed by atoms with van der Waals surface area (Å²) in [6.45, 7) is 0. The Morgan fingerprint density at radius 1 is 1.38 bits per heavy atom. The van der Waals surface area contributed by atoms with E-state index in [1.807, 2.05) is 24.6 Å². The average Bonchev–Trinajstić information content (AvgIpc) is 2.67. The Balaban J connectivity index is 2.40. The van der Waals surface area contributed by atoms with Gasteiger partial charge in [-0.15, -0.1) is 11.3 Å². The molecule has 0 saturated heterocycles. The van der Waals surface area contributed by atoms with E-state index in [4.69, 9.17) is 11.6 Å². The number of nitrogens with one attached hydrogen (secondary N) is 1. The standard InChI is InChI=1S/C12H11ClFNS/c1-15-11(12-10(13)5-6-16-12)8-3-2-4-9(14)7-8/h2-7,11,15H,1H3. The lowest BCUT2D eigenvalue weighted by Gasteiger charge is -2.15. The van der Waals surface area contributed by atoms with Gasteiger partial charge >= 0.3 is 0 Å². The van der Waals surface area contributed by atoms with Gasteiger partial charge in [0.25, 0.3) is 0 Å². The summed E-state index contributed by atoms with van der Waals surface area (Å²) >= 11 is 7.65. The number of thiophene rings is 1. The minimum absolute atomic E-state index is 0.0526. The van der Waals surface area contributed by atoms with E-state index in [0.717, 1.165) is 10.4 Å². The van der Waals surface area contributed by atoms with Crippen molar-refractivity contribution in [3.8, 4) is 0 Å². The summed E-state index contributed by atoms with van der Waals surface area (Å²) < 4.78 is 13.1. The Morgan fingerprint density at radius 3 is 2.75 bits per heavy atom. The van der Waals surface area contributed by atoms with Crippen LogP contribution in [0.15, 0.2) is 35.7 Å². The first-order valence-electron chi connectivity index (χ1n) is 4.88. The highest BCUT2D eigenvalue weighted by Crippen LogP contribution is 2.32. The van der Waals surface area contributed by atoms with Crippen LogP contribution >= 0.6 is 22.9 Å². The lowest BCUT2D eigenvalue weighted by molar-refractivity contribution is 0.618. The molecule has 2 aromatic rings. The van der Waals surface area contributed by atoms with E-state index in [1.165, 1.54) is 12.1 Å². The fourth-order valence-corrected chi connectivity index (χ4v) is 2.95. The molecule has 1 nitrogen and oxygen atoms in total. The molecule has 0 aliphatic heterocycles. The second-order valence-electron chi connectivity index (χ2n) is 3.41. The summed E-state index contributed by atoms with van der Waals surface area (Å²) in [4.78, 5) is 1.01. The average molecular weight is 256 g/mol. The van der Waals surface area contributed by atoms with E-state index in [9.17, 15) is 4.39 Å². The SMILES string of the molecule is CNC(c1cccc(F)c1)c1sccc1Cl. The molecule has 0 bridgehead atoms. The molecule has 1 atom stereocenters. The van der Waals surface area contributed by atoms with Crippen LogP contribution in [0.1, 0.15) is 16.5 Å². The number of rotatable bonds is 3. The lowest BCUT2D eigenvalue weighted by atomic mass is 10.1. The Hall–Kier alpha value is -0.900. The van der Waals surface area contributed by atoms with Gasteiger partial charge < -0.3 is 5.32 Å². The molecule has 0 saturated carbocycles. The van der Waals surface area contributed by atoms with Crippen LogP contribution in [0.2, 0.25) is 5.02 Å². The molecule has 1 N–H and O–H groups in total. The Labute approximate surface area is 103 Å². The van der Waals surface area contributed by atoms with Crippen LogP contribution in [-0.2, 0) is 0 Å². The lowest BCUT2D eigenvalue weighted by Crippen LogP contribution is -2.16. The van der Waals surface area contributed by atoms with Gasteiger partial charge in [0.15, 0.2) is 0 Å². The van der Waals surface area contributed by atoms with Crippen LogP contribution in [0.5, 0.6) is 0 Å². The zero-order valence-electron chi connectivity index (χ0n) is 8.71. The topological polar surface area (TPSA) is 12.0 Å². The number of hydrogen-bond donors (Lipinski definition) is 1. The van der Waals surface area contributed by atoms with Crippen molar-refractivity contribution in [2.24, 2.45) is 0 Å². The van der Waals surface area contributed by atoms with Crippen LogP contribution in [0.25, 0.3) is 0 Å². The minimum Gasteiger partial charge on any atom is -0.309 e. The van der Waals surface area contributed by atoms with E-state index in [2.05, 4.69) is 5.32 Å². The Kier molecular flexibility index (Phi) is 3.59. The molecule has 0 spiro atoms. The van der Waals surface area contributed by atoms with Crippen molar-refractivity contribution in [1.82, 2.24) is 5.32 Å². The summed E-state index contributed by atoms with van der Waals surface area (Å²) in [5.41, 5.74) is 0.881. The quantitative estimate of drug-likeness (QED) is 0.879. The first kappa shape index (κ1) is 11.6. The molecule has 84 valence electrons. The van der Waals surface area contributed by atoms with Crippen molar-refractivity contribution in [2.45, 2.75) is 6.04 Å². The van der Waals surface area contributed by atoms with Gasteiger partial charge in [0.1, 0.15) is 5.82 Å². The monoisotopic (exact) mass is 255 g/mol. The predicted octanol–water partition coefficient (Wildman–Crippen LogP) is 3.85. The van der Waals surface area contributed by atoms with Crippen molar-refractivity contribution in [3.05, 3.63) is 57.0 Å². The smallest absolute Gasteiger partial charge is 0.123 e. The molecule has 2 rings (SSSR count). The first-order chi connectivity index (χ1) is 7.72. The van der Waals surface area contributed by atoms with Gasteiger partial charge in [-0.05, 0) is 36.2 Å². The van der Waals surface area contributed by atoms with E-state index < -0.39 is 0 Å². The predicted molar refractivity (Wildman–Crippen MR) is 66.6 cm³/mol. The largest absolute Gasteiger partial charge is 0.309 e.